The van der Waals surface area contributed by atoms with Crippen LogP contribution in [0.15, 0.2) is 60.7 Å². The summed E-state index contributed by atoms with van der Waals surface area (Å²) in [5.74, 6) is -0.102. The highest BCUT2D eigenvalue weighted by Gasteiger charge is 2.17. The van der Waals surface area contributed by atoms with E-state index in [1.54, 1.807) is 38.7 Å². The Morgan fingerprint density at radius 3 is 2.61 bits per heavy atom. The third kappa shape index (κ3) is 5.16. The summed E-state index contributed by atoms with van der Waals surface area (Å²) in [5, 5.41) is 10.5. The third-order valence-electron chi connectivity index (χ3n) is 4.69. The standard InChI is InChI=1S/C23H24FN5O2/c1-16-12-29(15-27-16)21-9-6-18(11-22(21)31-3)10-20(26-2)23(30)28(14-25)13-17-4-7-19(24)8-5-17/h4-12,14-15,25-26H,13H2,1-3H3/b20-10-,25-14?. The van der Waals surface area contributed by atoms with Crippen LogP contribution in [0.2, 0.25) is 0 Å². The van der Waals surface area contributed by atoms with E-state index in [0.717, 1.165) is 28.8 Å². The van der Waals surface area contributed by atoms with E-state index in [2.05, 4.69) is 10.3 Å². The molecule has 1 aromatic heterocycles. The highest BCUT2D eigenvalue weighted by Crippen LogP contribution is 2.25. The molecule has 0 saturated carbocycles. The van der Waals surface area contributed by atoms with Crippen LogP contribution in [0, 0.1) is 18.2 Å². The van der Waals surface area contributed by atoms with E-state index in [1.807, 2.05) is 35.9 Å². The number of hydrogen-bond donors (Lipinski definition) is 2. The molecule has 1 amide bonds. The molecule has 0 aliphatic carbocycles. The summed E-state index contributed by atoms with van der Waals surface area (Å²) in [6, 6.07) is 11.4. The Hall–Kier alpha value is -3.94. The molecule has 8 heteroatoms. The SMILES string of the molecule is CN/C(=C\c1ccc(-n2cnc(C)c2)c(OC)c1)C(=O)N(C=N)Cc1ccc(F)cc1. The van der Waals surface area contributed by atoms with Crippen molar-refractivity contribution in [1.82, 2.24) is 19.8 Å². The summed E-state index contributed by atoms with van der Waals surface area (Å²) >= 11 is 0. The van der Waals surface area contributed by atoms with Crippen molar-refractivity contribution in [3.63, 3.8) is 0 Å². The number of rotatable bonds is 8. The number of aryl methyl sites for hydroxylation is 1. The number of imidazole rings is 1. The normalized spacial score (nSPS) is 11.2. The maximum atomic E-state index is 13.1. The Labute approximate surface area is 180 Å². The van der Waals surface area contributed by atoms with Crippen molar-refractivity contribution < 1.29 is 13.9 Å². The number of amides is 1. The summed E-state index contributed by atoms with van der Waals surface area (Å²) in [4.78, 5) is 18.4. The lowest BCUT2D eigenvalue weighted by molar-refractivity contribution is -0.123. The lowest BCUT2D eigenvalue weighted by Crippen LogP contribution is -2.34. The van der Waals surface area contributed by atoms with Gasteiger partial charge in [-0.3, -0.25) is 15.1 Å². The summed E-state index contributed by atoms with van der Waals surface area (Å²) in [5.41, 5.74) is 3.49. The summed E-state index contributed by atoms with van der Waals surface area (Å²) < 4.78 is 20.5. The lowest BCUT2D eigenvalue weighted by atomic mass is 10.1. The number of nitrogens with one attached hydrogen (secondary N) is 2. The molecule has 0 unspecified atom stereocenters. The minimum absolute atomic E-state index is 0.157. The van der Waals surface area contributed by atoms with Gasteiger partial charge < -0.3 is 14.6 Å². The number of nitrogens with zero attached hydrogens (tertiary/aromatic N) is 3. The van der Waals surface area contributed by atoms with Crippen molar-refractivity contribution in [2.24, 2.45) is 0 Å². The predicted molar refractivity (Wildman–Crippen MR) is 118 cm³/mol. The molecule has 160 valence electrons. The van der Waals surface area contributed by atoms with Gasteiger partial charge in [-0.15, -0.1) is 0 Å². The first-order valence-corrected chi connectivity index (χ1v) is 9.59. The first-order chi connectivity index (χ1) is 14.9. The quantitative estimate of drug-likeness (QED) is 0.331. The topological polar surface area (TPSA) is 83.2 Å². The first kappa shape index (κ1) is 21.8. The third-order valence-corrected chi connectivity index (χ3v) is 4.69. The molecule has 2 N–H and O–H groups in total. The maximum absolute atomic E-state index is 13.1. The van der Waals surface area contributed by atoms with E-state index >= 15 is 0 Å². The van der Waals surface area contributed by atoms with E-state index in [0.29, 0.717) is 11.4 Å². The molecule has 31 heavy (non-hydrogen) atoms. The zero-order valence-corrected chi connectivity index (χ0v) is 17.6. The average molecular weight is 421 g/mol. The number of carbonyl (C=O) groups is 1. The van der Waals surface area contributed by atoms with Gasteiger partial charge in [-0.25, -0.2) is 9.37 Å². The summed E-state index contributed by atoms with van der Waals surface area (Å²) in [7, 11) is 3.23. The fraction of sp³-hybridized carbons (Fsp3) is 0.174. The minimum Gasteiger partial charge on any atom is -0.495 e. The van der Waals surface area contributed by atoms with Gasteiger partial charge in [0.15, 0.2) is 0 Å². The molecule has 1 heterocycles. The van der Waals surface area contributed by atoms with Crippen LogP contribution in [-0.4, -0.2) is 40.9 Å². The second-order valence-electron chi connectivity index (χ2n) is 6.85. The van der Waals surface area contributed by atoms with E-state index in [-0.39, 0.29) is 18.3 Å². The van der Waals surface area contributed by atoms with Crippen LogP contribution in [0.3, 0.4) is 0 Å². The number of carbonyl (C=O) groups excluding carboxylic acids is 1. The number of aromatic nitrogens is 2. The van der Waals surface area contributed by atoms with E-state index < -0.39 is 0 Å². The van der Waals surface area contributed by atoms with Gasteiger partial charge in [-0.1, -0.05) is 18.2 Å². The molecule has 0 saturated heterocycles. The zero-order valence-electron chi connectivity index (χ0n) is 17.6. The summed E-state index contributed by atoms with van der Waals surface area (Å²) in [6.07, 6.45) is 6.26. The van der Waals surface area contributed by atoms with E-state index in [1.165, 1.54) is 17.0 Å². The molecule has 3 aromatic rings. The Kier molecular flexibility index (Phi) is 6.81. The molecule has 0 aliphatic heterocycles. The second-order valence-corrected chi connectivity index (χ2v) is 6.85. The fourth-order valence-corrected chi connectivity index (χ4v) is 3.08. The number of halogens is 1. The van der Waals surface area contributed by atoms with Crippen LogP contribution >= 0.6 is 0 Å². The van der Waals surface area contributed by atoms with Crippen LogP contribution in [0.25, 0.3) is 11.8 Å². The van der Waals surface area contributed by atoms with Gasteiger partial charge in [-0.2, -0.15) is 0 Å². The van der Waals surface area contributed by atoms with Gasteiger partial charge in [0.2, 0.25) is 0 Å². The largest absolute Gasteiger partial charge is 0.495 e. The molecule has 7 nitrogen and oxygen atoms in total. The average Bonchev–Trinajstić information content (AvgIpc) is 3.22. The van der Waals surface area contributed by atoms with Crippen molar-refractivity contribution >= 4 is 18.3 Å². The molecule has 0 fully saturated rings. The van der Waals surface area contributed by atoms with Crippen LogP contribution in [0.4, 0.5) is 4.39 Å². The minimum atomic E-state index is -0.380. The lowest BCUT2D eigenvalue weighted by Gasteiger charge is -2.19. The number of ether oxygens (including phenoxy) is 1. The van der Waals surface area contributed by atoms with Crippen molar-refractivity contribution in [3.8, 4) is 11.4 Å². The highest BCUT2D eigenvalue weighted by atomic mass is 19.1. The Morgan fingerprint density at radius 1 is 1.29 bits per heavy atom. The molecule has 3 rings (SSSR count). The second kappa shape index (κ2) is 9.71. The molecule has 0 atom stereocenters. The molecule has 2 aromatic carbocycles. The van der Waals surface area contributed by atoms with Crippen LogP contribution in [0.5, 0.6) is 5.75 Å². The Morgan fingerprint density at radius 2 is 2.03 bits per heavy atom. The molecule has 0 radical (unpaired) electrons. The van der Waals surface area contributed by atoms with Gasteiger partial charge in [0.1, 0.15) is 17.3 Å². The van der Waals surface area contributed by atoms with Crippen molar-refractivity contribution in [3.05, 3.63) is 83.3 Å². The molecular weight excluding hydrogens is 397 g/mol. The summed E-state index contributed by atoms with van der Waals surface area (Å²) in [6.45, 7) is 2.07. The maximum Gasteiger partial charge on any atom is 0.275 e. The number of benzene rings is 2. The van der Waals surface area contributed by atoms with Crippen molar-refractivity contribution in [1.29, 1.82) is 5.41 Å². The molecule has 0 aliphatic rings. The number of likely N-dealkylation sites (N-methyl/N-ethyl adjacent to an activating group) is 1. The highest BCUT2D eigenvalue weighted by molar-refractivity contribution is 6.02. The van der Waals surface area contributed by atoms with Crippen molar-refractivity contribution in [2.45, 2.75) is 13.5 Å². The number of hydrogen-bond acceptors (Lipinski definition) is 5. The molecule has 0 spiro atoms. The van der Waals surface area contributed by atoms with Crippen LogP contribution in [0.1, 0.15) is 16.8 Å². The van der Waals surface area contributed by atoms with Gasteiger partial charge >= 0.3 is 0 Å². The van der Waals surface area contributed by atoms with Gasteiger partial charge in [0, 0.05) is 13.2 Å². The van der Waals surface area contributed by atoms with Crippen LogP contribution in [-0.2, 0) is 11.3 Å². The predicted octanol–water partition coefficient (Wildman–Crippen LogP) is 3.52. The fourth-order valence-electron chi connectivity index (χ4n) is 3.08. The van der Waals surface area contributed by atoms with E-state index in [9.17, 15) is 9.18 Å². The zero-order chi connectivity index (χ0) is 22.4. The monoisotopic (exact) mass is 421 g/mol. The Balaban J connectivity index is 1.86. The molecule has 0 bridgehead atoms. The number of methoxy groups -OCH3 is 1. The first-order valence-electron chi connectivity index (χ1n) is 9.59. The van der Waals surface area contributed by atoms with Crippen LogP contribution < -0.4 is 10.1 Å². The van der Waals surface area contributed by atoms with E-state index in [4.69, 9.17) is 10.1 Å². The van der Waals surface area contributed by atoms with Gasteiger partial charge in [0.05, 0.1) is 37.7 Å². The smallest absolute Gasteiger partial charge is 0.275 e. The Bertz CT molecular complexity index is 1110. The van der Waals surface area contributed by atoms with Gasteiger partial charge in [0.25, 0.3) is 5.91 Å². The van der Waals surface area contributed by atoms with Crippen molar-refractivity contribution in [2.75, 3.05) is 14.2 Å². The van der Waals surface area contributed by atoms with Gasteiger partial charge in [-0.05, 0) is 48.4 Å². The molecular formula is C23H24FN5O2.